The highest BCUT2D eigenvalue weighted by atomic mass is 32.1. The Bertz CT molecular complexity index is 440. The lowest BCUT2D eigenvalue weighted by Crippen LogP contribution is -1.94. The van der Waals surface area contributed by atoms with Crippen molar-refractivity contribution in [3.8, 4) is 5.88 Å². The Kier molecular flexibility index (Phi) is 2.77. The Hall–Kier alpha value is -1.69. The molecule has 2 N–H and O–H groups in total. The molecule has 2 heterocycles. The number of anilines is 1. The van der Waals surface area contributed by atoms with Gasteiger partial charge < -0.3 is 10.5 Å². The van der Waals surface area contributed by atoms with Crippen LogP contribution in [0.15, 0.2) is 18.3 Å². The van der Waals surface area contributed by atoms with Crippen molar-refractivity contribution >= 4 is 16.7 Å². The molecule has 0 amide bonds. The van der Waals surface area contributed by atoms with E-state index in [2.05, 4.69) is 14.3 Å². The van der Waals surface area contributed by atoms with Gasteiger partial charge in [0.2, 0.25) is 5.88 Å². The van der Waals surface area contributed by atoms with Crippen LogP contribution in [0.5, 0.6) is 5.88 Å². The zero-order chi connectivity index (χ0) is 10.7. The monoisotopic (exact) mass is 222 g/mol. The van der Waals surface area contributed by atoms with Crippen molar-refractivity contribution in [2.45, 2.75) is 6.42 Å². The van der Waals surface area contributed by atoms with Gasteiger partial charge in [0.15, 0.2) is 5.13 Å². The molecule has 0 aliphatic carbocycles. The fraction of sp³-hybridized carbons (Fsp3) is 0.222. The highest BCUT2D eigenvalue weighted by Gasteiger charge is 2.03. The second kappa shape index (κ2) is 4.22. The van der Waals surface area contributed by atoms with Gasteiger partial charge >= 0.3 is 0 Å². The maximum Gasteiger partial charge on any atom is 0.212 e. The predicted molar refractivity (Wildman–Crippen MR) is 57.9 cm³/mol. The molecule has 78 valence electrons. The molecule has 0 aliphatic heterocycles. The van der Waals surface area contributed by atoms with Gasteiger partial charge in [-0.05, 0) is 5.56 Å². The Morgan fingerprint density at radius 3 is 2.87 bits per heavy atom. The Morgan fingerprint density at radius 1 is 1.47 bits per heavy atom. The number of pyridine rings is 1. The standard InChI is InChI=1S/C9H10N4OS/c1-14-8-3-2-6(5-11-8)4-7-12-9(10)15-13-7/h2-3,5H,4H2,1H3,(H2,10,12,13). The van der Waals surface area contributed by atoms with Gasteiger partial charge in [-0.2, -0.15) is 4.37 Å². The molecular formula is C9H10N4OS. The molecule has 0 aliphatic rings. The van der Waals surface area contributed by atoms with Gasteiger partial charge in [-0.1, -0.05) is 6.07 Å². The van der Waals surface area contributed by atoms with Crippen LogP contribution >= 0.6 is 11.5 Å². The molecule has 0 bridgehead atoms. The summed E-state index contributed by atoms with van der Waals surface area (Å²) in [5.74, 6) is 1.33. The lowest BCUT2D eigenvalue weighted by Gasteiger charge is -1.99. The lowest BCUT2D eigenvalue weighted by atomic mass is 10.2. The number of rotatable bonds is 3. The van der Waals surface area contributed by atoms with Crippen LogP contribution in [0.2, 0.25) is 0 Å². The summed E-state index contributed by atoms with van der Waals surface area (Å²) in [6.45, 7) is 0. The summed E-state index contributed by atoms with van der Waals surface area (Å²) in [4.78, 5) is 8.17. The number of nitrogen functional groups attached to an aromatic ring is 1. The van der Waals surface area contributed by atoms with Crippen molar-refractivity contribution in [1.29, 1.82) is 0 Å². The van der Waals surface area contributed by atoms with Crippen molar-refractivity contribution in [2.75, 3.05) is 12.8 Å². The summed E-state index contributed by atoms with van der Waals surface area (Å²) in [6.07, 6.45) is 2.39. The van der Waals surface area contributed by atoms with E-state index in [-0.39, 0.29) is 0 Å². The third-order valence-corrected chi connectivity index (χ3v) is 2.43. The van der Waals surface area contributed by atoms with Crippen molar-refractivity contribution in [1.82, 2.24) is 14.3 Å². The van der Waals surface area contributed by atoms with Gasteiger partial charge in [0.05, 0.1) is 7.11 Å². The van der Waals surface area contributed by atoms with Crippen LogP contribution in [0, 0.1) is 0 Å². The molecule has 0 aromatic carbocycles. The second-order valence-electron chi connectivity index (χ2n) is 2.93. The molecule has 0 saturated heterocycles. The number of methoxy groups -OCH3 is 1. The Labute approximate surface area is 91.1 Å². The summed E-state index contributed by atoms with van der Waals surface area (Å²) in [6, 6.07) is 3.74. The fourth-order valence-electron chi connectivity index (χ4n) is 1.16. The van der Waals surface area contributed by atoms with E-state index >= 15 is 0 Å². The summed E-state index contributed by atoms with van der Waals surface area (Å²) >= 11 is 1.20. The molecule has 6 heteroatoms. The molecule has 0 saturated carbocycles. The first-order chi connectivity index (χ1) is 7.28. The largest absolute Gasteiger partial charge is 0.481 e. The average molecular weight is 222 g/mol. The van der Waals surface area contributed by atoms with Crippen LogP contribution in [0.25, 0.3) is 0 Å². The number of hydrogen-bond acceptors (Lipinski definition) is 6. The zero-order valence-electron chi connectivity index (χ0n) is 8.17. The van der Waals surface area contributed by atoms with E-state index in [1.165, 1.54) is 11.5 Å². The third-order valence-electron chi connectivity index (χ3n) is 1.85. The highest BCUT2D eigenvalue weighted by molar-refractivity contribution is 7.09. The van der Waals surface area contributed by atoms with E-state index in [0.717, 1.165) is 11.4 Å². The summed E-state index contributed by atoms with van der Waals surface area (Å²) < 4.78 is 9.06. The second-order valence-corrected chi connectivity index (χ2v) is 3.72. The molecule has 2 aromatic heterocycles. The number of hydrogen-bond donors (Lipinski definition) is 1. The van der Waals surface area contributed by atoms with E-state index in [9.17, 15) is 0 Å². The average Bonchev–Trinajstić information content (AvgIpc) is 2.65. The number of ether oxygens (including phenoxy) is 1. The molecule has 5 nitrogen and oxygen atoms in total. The van der Waals surface area contributed by atoms with Crippen LogP contribution in [-0.2, 0) is 6.42 Å². The van der Waals surface area contributed by atoms with Crippen LogP contribution < -0.4 is 10.5 Å². The Morgan fingerprint density at radius 2 is 2.33 bits per heavy atom. The number of nitrogens with zero attached hydrogens (tertiary/aromatic N) is 3. The normalized spacial score (nSPS) is 10.2. The van der Waals surface area contributed by atoms with E-state index in [1.54, 1.807) is 13.3 Å². The lowest BCUT2D eigenvalue weighted by molar-refractivity contribution is 0.397. The first-order valence-electron chi connectivity index (χ1n) is 4.35. The van der Waals surface area contributed by atoms with Crippen LogP contribution in [0.1, 0.15) is 11.4 Å². The summed E-state index contributed by atoms with van der Waals surface area (Å²) in [5, 5.41) is 0.492. The quantitative estimate of drug-likeness (QED) is 0.842. The maximum atomic E-state index is 5.49. The van der Waals surface area contributed by atoms with Crippen molar-refractivity contribution in [3.63, 3.8) is 0 Å². The first-order valence-corrected chi connectivity index (χ1v) is 5.12. The molecule has 0 fully saturated rings. The third kappa shape index (κ3) is 2.41. The molecule has 0 spiro atoms. The minimum absolute atomic E-state index is 0.492. The SMILES string of the molecule is COc1ccc(Cc2nsc(N)n2)cn1. The zero-order valence-corrected chi connectivity index (χ0v) is 8.99. The van der Waals surface area contributed by atoms with E-state index in [0.29, 0.717) is 17.4 Å². The first kappa shape index (κ1) is 9.85. The van der Waals surface area contributed by atoms with E-state index in [4.69, 9.17) is 10.5 Å². The molecule has 0 atom stereocenters. The van der Waals surface area contributed by atoms with Crippen molar-refractivity contribution in [3.05, 3.63) is 29.7 Å². The molecule has 2 rings (SSSR count). The molecular weight excluding hydrogens is 212 g/mol. The van der Waals surface area contributed by atoms with Crippen molar-refractivity contribution < 1.29 is 4.74 Å². The number of nitrogens with two attached hydrogens (primary N) is 1. The van der Waals surface area contributed by atoms with Gasteiger partial charge in [-0.3, -0.25) is 0 Å². The molecule has 2 aromatic rings. The van der Waals surface area contributed by atoms with Gasteiger partial charge in [-0.25, -0.2) is 9.97 Å². The van der Waals surface area contributed by atoms with E-state index in [1.807, 2.05) is 12.1 Å². The predicted octanol–water partition coefficient (Wildman–Crippen LogP) is 1.11. The molecule has 0 radical (unpaired) electrons. The van der Waals surface area contributed by atoms with Crippen LogP contribution in [0.4, 0.5) is 5.13 Å². The summed E-state index contributed by atoms with van der Waals surface area (Å²) in [7, 11) is 1.59. The smallest absolute Gasteiger partial charge is 0.212 e. The summed E-state index contributed by atoms with van der Waals surface area (Å²) in [5.41, 5.74) is 6.52. The maximum absolute atomic E-state index is 5.49. The Balaban J connectivity index is 2.11. The van der Waals surface area contributed by atoms with Crippen molar-refractivity contribution in [2.24, 2.45) is 0 Å². The molecule has 15 heavy (non-hydrogen) atoms. The minimum Gasteiger partial charge on any atom is -0.481 e. The minimum atomic E-state index is 0.492. The van der Waals surface area contributed by atoms with Crippen LogP contribution in [-0.4, -0.2) is 21.5 Å². The number of aromatic nitrogens is 3. The van der Waals surface area contributed by atoms with E-state index < -0.39 is 0 Å². The topological polar surface area (TPSA) is 73.9 Å². The van der Waals surface area contributed by atoms with Gasteiger partial charge in [0.25, 0.3) is 0 Å². The van der Waals surface area contributed by atoms with Gasteiger partial charge in [0, 0.05) is 30.2 Å². The van der Waals surface area contributed by atoms with Crippen LogP contribution in [0.3, 0.4) is 0 Å². The van der Waals surface area contributed by atoms with Gasteiger partial charge in [-0.15, -0.1) is 0 Å². The van der Waals surface area contributed by atoms with Gasteiger partial charge in [0.1, 0.15) is 5.82 Å². The molecule has 0 unspecified atom stereocenters. The highest BCUT2D eigenvalue weighted by Crippen LogP contribution is 2.12. The fourth-order valence-corrected chi connectivity index (χ4v) is 1.61.